The molecule has 1 aliphatic heterocycles. The Morgan fingerprint density at radius 1 is 0.833 bits per heavy atom. The van der Waals surface area contributed by atoms with Crippen LogP contribution < -0.4 is 0 Å². The molecule has 0 radical (unpaired) electrons. The van der Waals surface area contributed by atoms with E-state index in [-0.39, 0.29) is 5.79 Å². The van der Waals surface area contributed by atoms with Crippen LogP contribution in [0.25, 0.3) is 0 Å². The lowest BCUT2D eigenvalue weighted by Gasteiger charge is -2.57. The lowest BCUT2D eigenvalue weighted by atomic mass is 9.49. The number of hydrogen-bond acceptors (Lipinski definition) is 2. The van der Waals surface area contributed by atoms with Crippen LogP contribution in [0.15, 0.2) is 0 Å². The third-order valence-corrected chi connectivity index (χ3v) is 9.45. The van der Waals surface area contributed by atoms with Gasteiger partial charge in [0.15, 0.2) is 5.79 Å². The highest BCUT2D eigenvalue weighted by atomic mass is 16.7. The average molecular weight is 333 g/mol. The number of fused-ring (bicyclic) bond motifs is 5. The Morgan fingerprint density at radius 3 is 2.42 bits per heavy atom. The molecule has 0 amide bonds. The topological polar surface area (TPSA) is 18.5 Å². The van der Waals surface area contributed by atoms with E-state index in [4.69, 9.17) is 9.47 Å². The molecule has 4 saturated carbocycles. The summed E-state index contributed by atoms with van der Waals surface area (Å²) in [5.74, 6) is 5.81. The molecule has 0 bridgehead atoms. The summed E-state index contributed by atoms with van der Waals surface area (Å²) in [6, 6.07) is 0. The zero-order valence-electron chi connectivity index (χ0n) is 15.8. The summed E-state index contributed by atoms with van der Waals surface area (Å²) in [6.07, 6.45) is 14.2. The molecule has 0 aromatic carbocycles. The molecule has 2 heteroatoms. The van der Waals surface area contributed by atoms with Gasteiger partial charge in [-0.3, -0.25) is 0 Å². The summed E-state index contributed by atoms with van der Waals surface area (Å²) >= 11 is 0. The van der Waals surface area contributed by atoms with Gasteiger partial charge in [-0.05, 0) is 85.9 Å². The summed E-state index contributed by atoms with van der Waals surface area (Å²) < 4.78 is 12.1. The maximum absolute atomic E-state index is 6.06. The molecule has 1 saturated heterocycles. The normalized spacial score (nSPS) is 52.8. The van der Waals surface area contributed by atoms with Gasteiger partial charge in [0.25, 0.3) is 0 Å². The summed E-state index contributed by atoms with van der Waals surface area (Å²) in [7, 11) is 0. The van der Waals surface area contributed by atoms with Gasteiger partial charge in [0, 0.05) is 12.8 Å². The molecule has 0 aromatic heterocycles. The van der Waals surface area contributed by atoms with Gasteiger partial charge in [0.2, 0.25) is 0 Å². The fourth-order valence-electron chi connectivity index (χ4n) is 8.36. The molecule has 4 aliphatic carbocycles. The van der Waals surface area contributed by atoms with E-state index in [1.54, 1.807) is 0 Å². The molecular weight excluding hydrogens is 296 g/mol. The number of ether oxygens (including phenoxy) is 2. The Balaban J connectivity index is 1.34. The van der Waals surface area contributed by atoms with Gasteiger partial charge >= 0.3 is 0 Å². The lowest BCUT2D eigenvalue weighted by Crippen LogP contribution is -2.51. The SMILES string of the molecule is CC[C@H]1CC[C@H]2[C@@H]3CCC4CC5(CC[C@H]4[C@H]3CC[C@]12C)OCCO5. The molecule has 7 atom stereocenters. The second-order valence-electron chi connectivity index (χ2n) is 10.0. The standard InChI is InChI=1S/C22H36O2/c1-3-16-5-7-20-19-6-4-15-14-22(23-12-13-24-22)11-9-17(15)18(19)8-10-21(16,20)2/h15-20H,3-14H2,1-2H3/t15?,16-,17+,18+,19+,20-,21+/m0/s1. The lowest BCUT2D eigenvalue weighted by molar-refractivity contribution is -0.209. The quantitative estimate of drug-likeness (QED) is 0.639. The van der Waals surface area contributed by atoms with Crippen molar-refractivity contribution in [2.45, 2.75) is 83.8 Å². The molecule has 1 spiro atoms. The van der Waals surface area contributed by atoms with Crippen LogP contribution in [0.5, 0.6) is 0 Å². The van der Waals surface area contributed by atoms with Crippen molar-refractivity contribution in [1.29, 1.82) is 0 Å². The summed E-state index contributed by atoms with van der Waals surface area (Å²) in [4.78, 5) is 0. The maximum Gasteiger partial charge on any atom is 0.168 e. The first kappa shape index (κ1) is 16.1. The second-order valence-corrected chi connectivity index (χ2v) is 10.0. The van der Waals surface area contributed by atoms with E-state index in [0.29, 0.717) is 5.41 Å². The second kappa shape index (κ2) is 5.71. The highest BCUT2D eigenvalue weighted by molar-refractivity contribution is 5.06. The minimum Gasteiger partial charge on any atom is -0.348 e. The van der Waals surface area contributed by atoms with E-state index in [9.17, 15) is 0 Å². The molecule has 0 N–H and O–H groups in total. The fourth-order valence-corrected chi connectivity index (χ4v) is 8.36. The average Bonchev–Trinajstić information content (AvgIpc) is 3.18. The van der Waals surface area contributed by atoms with Crippen molar-refractivity contribution >= 4 is 0 Å². The Hall–Kier alpha value is -0.0800. The molecular formula is C22H36O2. The highest BCUT2D eigenvalue weighted by Crippen LogP contribution is 2.65. The van der Waals surface area contributed by atoms with Crippen LogP contribution in [0.1, 0.15) is 78.1 Å². The molecule has 1 unspecified atom stereocenters. The van der Waals surface area contributed by atoms with Crippen LogP contribution in [0.3, 0.4) is 0 Å². The molecule has 136 valence electrons. The maximum atomic E-state index is 6.06. The van der Waals surface area contributed by atoms with Crippen molar-refractivity contribution in [1.82, 2.24) is 0 Å². The summed E-state index contributed by atoms with van der Waals surface area (Å²) in [5, 5.41) is 0. The fraction of sp³-hybridized carbons (Fsp3) is 1.00. The van der Waals surface area contributed by atoms with E-state index in [1.165, 1.54) is 57.8 Å². The van der Waals surface area contributed by atoms with E-state index >= 15 is 0 Å². The van der Waals surface area contributed by atoms with E-state index in [0.717, 1.165) is 55.1 Å². The van der Waals surface area contributed by atoms with Gasteiger partial charge in [-0.25, -0.2) is 0 Å². The van der Waals surface area contributed by atoms with Crippen LogP contribution in [0.4, 0.5) is 0 Å². The van der Waals surface area contributed by atoms with Gasteiger partial charge < -0.3 is 9.47 Å². The van der Waals surface area contributed by atoms with Crippen molar-refractivity contribution in [3.63, 3.8) is 0 Å². The van der Waals surface area contributed by atoms with Crippen LogP contribution >= 0.6 is 0 Å². The first-order valence-electron chi connectivity index (χ1n) is 10.9. The van der Waals surface area contributed by atoms with E-state index in [2.05, 4.69) is 13.8 Å². The van der Waals surface area contributed by atoms with Crippen LogP contribution in [-0.4, -0.2) is 19.0 Å². The first-order valence-corrected chi connectivity index (χ1v) is 10.9. The predicted octanol–water partition coefficient (Wildman–Crippen LogP) is 5.41. The smallest absolute Gasteiger partial charge is 0.168 e. The van der Waals surface area contributed by atoms with Gasteiger partial charge in [0.05, 0.1) is 13.2 Å². The molecule has 5 rings (SSSR count). The Kier molecular flexibility index (Phi) is 3.83. The van der Waals surface area contributed by atoms with Crippen molar-refractivity contribution in [3.8, 4) is 0 Å². The number of rotatable bonds is 1. The molecule has 5 aliphatic rings. The summed E-state index contributed by atoms with van der Waals surface area (Å²) in [6.45, 7) is 6.74. The van der Waals surface area contributed by atoms with Crippen LogP contribution in [0.2, 0.25) is 0 Å². The Morgan fingerprint density at radius 2 is 1.62 bits per heavy atom. The minimum atomic E-state index is -0.169. The largest absolute Gasteiger partial charge is 0.348 e. The molecule has 24 heavy (non-hydrogen) atoms. The van der Waals surface area contributed by atoms with Crippen molar-refractivity contribution in [2.24, 2.45) is 40.9 Å². The zero-order valence-corrected chi connectivity index (χ0v) is 15.8. The van der Waals surface area contributed by atoms with Crippen molar-refractivity contribution in [3.05, 3.63) is 0 Å². The van der Waals surface area contributed by atoms with Crippen LogP contribution in [-0.2, 0) is 9.47 Å². The number of hydrogen-bond donors (Lipinski definition) is 0. The van der Waals surface area contributed by atoms with Gasteiger partial charge in [-0.2, -0.15) is 0 Å². The third kappa shape index (κ3) is 2.21. The third-order valence-electron chi connectivity index (χ3n) is 9.45. The van der Waals surface area contributed by atoms with E-state index < -0.39 is 0 Å². The van der Waals surface area contributed by atoms with Crippen molar-refractivity contribution < 1.29 is 9.47 Å². The van der Waals surface area contributed by atoms with Gasteiger partial charge in [-0.1, -0.05) is 20.3 Å². The molecule has 2 nitrogen and oxygen atoms in total. The first-order chi connectivity index (χ1) is 11.7. The molecule has 5 fully saturated rings. The van der Waals surface area contributed by atoms with Crippen molar-refractivity contribution in [2.75, 3.05) is 13.2 Å². The zero-order chi connectivity index (χ0) is 16.4. The Bertz CT molecular complexity index is 482. The van der Waals surface area contributed by atoms with Crippen LogP contribution in [0, 0.1) is 40.9 Å². The minimum absolute atomic E-state index is 0.169. The summed E-state index contributed by atoms with van der Waals surface area (Å²) in [5.41, 5.74) is 0.677. The highest BCUT2D eigenvalue weighted by Gasteiger charge is 2.58. The monoisotopic (exact) mass is 332 g/mol. The van der Waals surface area contributed by atoms with E-state index in [1.807, 2.05) is 0 Å². The predicted molar refractivity (Wildman–Crippen MR) is 95.5 cm³/mol. The molecule has 1 heterocycles. The van der Waals surface area contributed by atoms with Gasteiger partial charge in [-0.15, -0.1) is 0 Å². The van der Waals surface area contributed by atoms with Gasteiger partial charge in [0.1, 0.15) is 0 Å². The molecule has 0 aromatic rings. The Labute approximate surface area is 148 Å².